The third kappa shape index (κ3) is 24.9. The van der Waals surface area contributed by atoms with Crippen LogP contribution in [0.4, 0.5) is 0 Å². The molecule has 0 amide bonds. The van der Waals surface area contributed by atoms with E-state index in [1.165, 1.54) is 0 Å². The fourth-order valence-corrected chi connectivity index (χ4v) is 0.723. The Morgan fingerprint density at radius 2 is 1.20 bits per heavy atom. The molecule has 0 bridgehead atoms. The van der Waals surface area contributed by atoms with Gasteiger partial charge in [-0.2, -0.15) is 0 Å². The second-order valence-electron chi connectivity index (χ2n) is 2.45. The van der Waals surface area contributed by atoms with Crippen LogP contribution in [0, 0.1) is 0 Å². The molecule has 0 saturated carbocycles. The number of aliphatic carboxylic acids is 1. The number of carbonyl (C=O) groups is 1. The number of hydrogen-bond donors (Lipinski definition) is 0. The standard InChI is InChI=1S/C6H12NO3.C2H4O2.Ti/c8-4-1-7(2-5-9)3-6-10;1-2(3)4;/h1-6H2;1H3,(H,3,4);/q-3;;+4/p-1. The fraction of sp³-hybridized carbons (Fsp3) is 0.875. The number of carboxylic acid groups (broad SMARTS) is 1. The maximum atomic E-state index is 10.0. The average molecular weight is 253 g/mol. The normalized spacial score (nSPS) is 8.87. The molecule has 0 spiro atoms. The molecule has 0 unspecified atom stereocenters. The Hall–Kier alpha value is 0.0243. The van der Waals surface area contributed by atoms with E-state index in [1.54, 1.807) is 4.90 Å². The van der Waals surface area contributed by atoms with Crippen LogP contribution in [0.1, 0.15) is 6.92 Å². The summed E-state index contributed by atoms with van der Waals surface area (Å²) >= 11 is 0. The van der Waals surface area contributed by atoms with E-state index in [-0.39, 0.29) is 41.5 Å². The maximum Gasteiger partial charge on any atom is 4.00 e. The molecule has 0 aliphatic heterocycles. The molecule has 86 valence electrons. The summed E-state index contributed by atoms with van der Waals surface area (Å²) in [6.07, 6.45) is 0. The quantitative estimate of drug-likeness (QED) is 0.438. The van der Waals surface area contributed by atoms with Crippen LogP contribution in [0.5, 0.6) is 0 Å². The van der Waals surface area contributed by atoms with E-state index in [0.29, 0.717) is 19.6 Å². The van der Waals surface area contributed by atoms with Crippen LogP contribution in [0.15, 0.2) is 0 Å². The van der Waals surface area contributed by atoms with Crippen molar-refractivity contribution >= 4 is 5.97 Å². The van der Waals surface area contributed by atoms with Crippen LogP contribution < -0.4 is 20.4 Å². The molecule has 0 aliphatic rings. The smallest absolute Gasteiger partial charge is 0.854 e. The number of rotatable bonds is 6. The van der Waals surface area contributed by atoms with Crippen LogP contribution in [0.3, 0.4) is 0 Å². The largest absolute Gasteiger partial charge is 4.00 e. The average Bonchev–Trinajstić information content (AvgIpc) is 2.04. The van der Waals surface area contributed by atoms with Gasteiger partial charge in [0.15, 0.2) is 0 Å². The van der Waals surface area contributed by atoms with Gasteiger partial charge in [-0.25, -0.2) is 0 Å². The molecular weight excluding hydrogens is 238 g/mol. The molecule has 0 atom stereocenters. The topological polar surface area (TPSA) is 113 Å². The molecule has 0 saturated heterocycles. The van der Waals surface area contributed by atoms with Crippen LogP contribution >= 0.6 is 0 Å². The van der Waals surface area contributed by atoms with Crippen molar-refractivity contribution in [2.24, 2.45) is 0 Å². The molecule has 0 aromatic rings. The molecule has 0 radical (unpaired) electrons. The minimum atomic E-state index is -1.08. The van der Waals surface area contributed by atoms with Crippen LogP contribution in [0.25, 0.3) is 0 Å². The second-order valence-corrected chi connectivity index (χ2v) is 2.45. The zero-order valence-corrected chi connectivity index (χ0v) is 10.3. The summed E-state index contributed by atoms with van der Waals surface area (Å²) in [5.74, 6) is -1.08. The summed E-state index contributed by atoms with van der Waals surface area (Å²) in [5, 5.41) is 39.0. The van der Waals surface area contributed by atoms with Crippen LogP contribution in [-0.4, -0.2) is 50.3 Å². The van der Waals surface area contributed by atoms with Crippen molar-refractivity contribution in [3.05, 3.63) is 0 Å². The van der Waals surface area contributed by atoms with Crippen molar-refractivity contribution in [2.45, 2.75) is 6.92 Å². The van der Waals surface area contributed by atoms with Gasteiger partial charge in [0.05, 0.1) is 0 Å². The van der Waals surface area contributed by atoms with Gasteiger partial charge in [-0.3, -0.25) is 0 Å². The predicted molar refractivity (Wildman–Crippen MR) is 41.7 cm³/mol. The first-order chi connectivity index (χ1) is 6.58. The van der Waals surface area contributed by atoms with Gasteiger partial charge in [0, 0.05) is 5.97 Å². The Morgan fingerprint density at radius 3 is 1.33 bits per heavy atom. The van der Waals surface area contributed by atoms with Gasteiger partial charge in [-0.05, 0) is 26.6 Å². The van der Waals surface area contributed by atoms with Crippen LogP contribution in [-0.2, 0) is 26.5 Å². The Labute approximate surface area is 104 Å². The van der Waals surface area contributed by atoms with E-state index in [0.717, 1.165) is 6.92 Å². The first kappa shape index (κ1) is 20.4. The number of hydrogen-bond acceptors (Lipinski definition) is 6. The third-order valence-corrected chi connectivity index (χ3v) is 1.22. The van der Waals surface area contributed by atoms with Crippen molar-refractivity contribution < 1.29 is 46.9 Å². The molecule has 0 aromatic heterocycles. The Morgan fingerprint density at radius 1 is 1.00 bits per heavy atom. The van der Waals surface area contributed by atoms with Crippen molar-refractivity contribution in [1.29, 1.82) is 0 Å². The van der Waals surface area contributed by atoms with E-state index in [9.17, 15) is 15.3 Å². The molecular formula is C8H15NO5Ti. The molecule has 0 aliphatic carbocycles. The number of carboxylic acids is 1. The van der Waals surface area contributed by atoms with E-state index >= 15 is 0 Å². The van der Waals surface area contributed by atoms with Gasteiger partial charge >= 0.3 is 21.7 Å². The number of nitrogens with zero attached hydrogens (tertiary/aromatic N) is 1. The van der Waals surface area contributed by atoms with Crippen molar-refractivity contribution in [1.82, 2.24) is 4.90 Å². The monoisotopic (exact) mass is 253 g/mol. The third-order valence-electron chi connectivity index (χ3n) is 1.22. The summed E-state index contributed by atoms with van der Waals surface area (Å²) in [5.41, 5.74) is 0. The number of carbonyl (C=O) groups excluding carboxylic acids is 1. The van der Waals surface area contributed by atoms with Gasteiger partial charge in [-0.15, -0.1) is 19.8 Å². The molecule has 0 heterocycles. The Kier molecular flexibility index (Phi) is 22.4. The first-order valence-corrected chi connectivity index (χ1v) is 4.22. The SMILES string of the molecule is CC(=O)[O-].[O-]CCN(CC[O-])CC[O-].[Ti+4]. The molecule has 0 aromatic carbocycles. The summed E-state index contributed by atoms with van der Waals surface area (Å²) in [6.45, 7) is 1.24. The van der Waals surface area contributed by atoms with Crippen molar-refractivity contribution in [3.8, 4) is 0 Å². The zero-order valence-electron chi connectivity index (χ0n) is 8.73. The molecule has 7 heteroatoms. The van der Waals surface area contributed by atoms with Gasteiger partial charge in [-0.1, -0.05) is 0 Å². The van der Waals surface area contributed by atoms with Gasteiger partial charge in [0.25, 0.3) is 0 Å². The Balaban J connectivity index is -0.000000249. The van der Waals surface area contributed by atoms with E-state index in [4.69, 9.17) is 9.90 Å². The summed E-state index contributed by atoms with van der Waals surface area (Å²) in [6, 6.07) is 0. The van der Waals surface area contributed by atoms with Gasteiger partial charge < -0.3 is 30.1 Å². The van der Waals surface area contributed by atoms with Gasteiger partial charge in [0.2, 0.25) is 0 Å². The summed E-state index contributed by atoms with van der Waals surface area (Å²) in [7, 11) is 0. The minimum Gasteiger partial charge on any atom is -0.854 e. The molecule has 0 fully saturated rings. The van der Waals surface area contributed by atoms with Crippen molar-refractivity contribution in [2.75, 3.05) is 39.5 Å². The zero-order chi connectivity index (χ0) is 11.4. The predicted octanol–water partition coefficient (Wildman–Crippen LogP) is -4.88. The van der Waals surface area contributed by atoms with Crippen molar-refractivity contribution in [3.63, 3.8) is 0 Å². The molecule has 0 rings (SSSR count). The summed E-state index contributed by atoms with van der Waals surface area (Å²) < 4.78 is 0. The second kappa shape index (κ2) is 16.5. The fourth-order valence-electron chi connectivity index (χ4n) is 0.723. The Bertz CT molecular complexity index is 118. The van der Waals surface area contributed by atoms with Crippen LogP contribution in [0.2, 0.25) is 0 Å². The first-order valence-electron chi connectivity index (χ1n) is 4.22. The minimum absolute atomic E-state index is 0. The van der Waals surface area contributed by atoms with Gasteiger partial charge in [0.1, 0.15) is 0 Å². The molecule has 6 nitrogen and oxygen atoms in total. The maximum absolute atomic E-state index is 10.0. The van der Waals surface area contributed by atoms with E-state index in [1.807, 2.05) is 0 Å². The van der Waals surface area contributed by atoms with E-state index < -0.39 is 5.97 Å². The molecule has 0 N–H and O–H groups in total. The van der Waals surface area contributed by atoms with E-state index in [2.05, 4.69) is 0 Å². The summed E-state index contributed by atoms with van der Waals surface area (Å²) in [4.78, 5) is 10.5. The molecule has 15 heavy (non-hydrogen) atoms.